The van der Waals surface area contributed by atoms with Crippen molar-refractivity contribution < 1.29 is 14.3 Å². The molecule has 1 aliphatic rings. The first kappa shape index (κ1) is 22.1. The molecule has 1 unspecified atom stereocenters. The third-order valence-electron chi connectivity index (χ3n) is 5.39. The fourth-order valence-corrected chi connectivity index (χ4v) is 4.04. The first-order valence-electron chi connectivity index (χ1n) is 10.8. The number of carbonyl (C=O) groups excluding carboxylic acids is 1. The van der Waals surface area contributed by atoms with Crippen molar-refractivity contribution in [3.8, 4) is 17.4 Å². The van der Waals surface area contributed by atoms with Gasteiger partial charge in [0.05, 0.1) is 6.04 Å². The van der Waals surface area contributed by atoms with Crippen LogP contribution in [-0.2, 0) is 4.79 Å². The molecule has 1 aromatic heterocycles. The van der Waals surface area contributed by atoms with Gasteiger partial charge in [-0.05, 0) is 67.9 Å². The quantitative estimate of drug-likeness (QED) is 0.503. The van der Waals surface area contributed by atoms with E-state index in [2.05, 4.69) is 15.2 Å². The second kappa shape index (κ2) is 11.0. The molecule has 7 heteroatoms. The van der Waals surface area contributed by atoms with Gasteiger partial charge in [-0.15, -0.1) is 0 Å². The van der Waals surface area contributed by atoms with Crippen molar-refractivity contribution in [2.75, 3.05) is 26.2 Å². The Balaban J connectivity index is 1.28. The van der Waals surface area contributed by atoms with E-state index in [0.717, 1.165) is 36.5 Å². The van der Waals surface area contributed by atoms with Crippen molar-refractivity contribution in [1.82, 2.24) is 15.2 Å². The maximum absolute atomic E-state index is 12.4. The Kier molecular flexibility index (Phi) is 7.59. The van der Waals surface area contributed by atoms with Crippen LogP contribution in [0.3, 0.4) is 0 Å². The van der Waals surface area contributed by atoms with Crippen LogP contribution in [0.15, 0.2) is 72.9 Å². The number of hydrogen-bond acceptors (Lipinski definition) is 5. The van der Waals surface area contributed by atoms with Crippen LogP contribution in [0.4, 0.5) is 0 Å². The Morgan fingerprint density at radius 1 is 1.00 bits per heavy atom. The molecule has 2 heterocycles. The normalized spacial score (nSPS) is 14.7. The highest BCUT2D eigenvalue weighted by molar-refractivity contribution is 6.31. The number of pyridine rings is 1. The summed E-state index contributed by atoms with van der Waals surface area (Å²) in [5.41, 5.74) is 1.04. The van der Waals surface area contributed by atoms with Crippen LogP contribution >= 0.6 is 11.6 Å². The molecule has 2 aromatic carbocycles. The van der Waals surface area contributed by atoms with E-state index >= 15 is 0 Å². The van der Waals surface area contributed by atoms with Crippen LogP contribution in [-0.4, -0.2) is 42.0 Å². The summed E-state index contributed by atoms with van der Waals surface area (Å²) in [6.45, 7) is 2.45. The SMILES string of the molecule is O=C(COc1ccc(Oc2ccccn2)cc1)NCC(c1ccccc1Cl)N1CCCC1. The fourth-order valence-electron chi connectivity index (χ4n) is 3.78. The molecule has 3 aromatic rings. The summed E-state index contributed by atoms with van der Waals surface area (Å²) >= 11 is 6.44. The zero-order valence-corrected chi connectivity index (χ0v) is 18.5. The van der Waals surface area contributed by atoms with Crippen molar-refractivity contribution in [2.45, 2.75) is 18.9 Å². The molecule has 4 rings (SSSR count). The molecule has 1 aliphatic heterocycles. The molecule has 32 heavy (non-hydrogen) atoms. The average molecular weight is 452 g/mol. The lowest BCUT2D eigenvalue weighted by atomic mass is 10.1. The smallest absolute Gasteiger partial charge is 0.258 e. The Morgan fingerprint density at radius 3 is 2.44 bits per heavy atom. The Hall–Kier alpha value is -3.09. The molecule has 0 bridgehead atoms. The number of nitrogens with zero attached hydrogens (tertiary/aromatic N) is 2. The average Bonchev–Trinajstić information content (AvgIpc) is 3.35. The van der Waals surface area contributed by atoms with Crippen LogP contribution < -0.4 is 14.8 Å². The van der Waals surface area contributed by atoms with E-state index in [1.165, 1.54) is 0 Å². The van der Waals surface area contributed by atoms with Crippen molar-refractivity contribution in [1.29, 1.82) is 0 Å². The summed E-state index contributed by atoms with van der Waals surface area (Å²) in [5.74, 6) is 1.59. The van der Waals surface area contributed by atoms with E-state index in [0.29, 0.717) is 23.9 Å². The second-order valence-electron chi connectivity index (χ2n) is 7.61. The molecule has 1 fully saturated rings. The third kappa shape index (κ3) is 5.99. The van der Waals surface area contributed by atoms with E-state index in [9.17, 15) is 4.79 Å². The van der Waals surface area contributed by atoms with Crippen LogP contribution in [0.5, 0.6) is 17.4 Å². The van der Waals surface area contributed by atoms with Crippen LogP contribution in [0.25, 0.3) is 0 Å². The molecule has 0 radical (unpaired) electrons. The summed E-state index contributed by atoms with van der Waals surface area (Å²) in [6, 6.07) is 20.5. The number of aromatic nitrogens is 1. The van der Waals surface area contributed by atoms with Crippen LogP contribution in [0.2, 0.25) is 5.02 Å². The molecule has 1 atom stereocenters. The zero-order valence-electron chi connectivity index (χ0n) is 17.7. The van der Waals surface area contributed by atoms with Gasteiger partial charge >= 0.3 is 0 Å². The van der Waals surface area contributed by atoms with Gasteiger partial charge in [-0.2, -0.15) is 0 Å². The number of nitrogens with one attached hydrogen (secondary N) is 1. The van der Waals surface area contributed by atoms with Gasteiger partial charge in [0.25, 0.3) is 5.91 Å². The van der Waals surface area contributed by atoms with Gasteiger partial charge in [0.2, 0.25) is 5.88 Å². The minimum absolute atomic E-state index is 0.0539. The van der Waals surface area contributed by atoms with Gasteiger partial charge in [0.15, 0.2) is 6.61 Å². The molecule has 0 spiro atoms. The number of ether oxygens (including phenoxy) is 2. The van der Waals surface area contributed by atoms with Crippen molar-refractivity contribution in [3.63, 3.8) is 0 Å². The van der Waals surface area contributed by atoms with Gasteiger partial charge in [-0.25, -0.2) is 4.98 Å². The molecule has 0 saturated carbocycles. The van der Waals surface area contributed by atoms with Gasteiger partial charge in [-0.1, -0.05) is 35.9 Å². The molecule has 0 aliphatic carbocycles. The minimum Gasteiger partial charge on any atom is -0.484 e. The third-order valence-corrected chi connectivity index (χ3v) is 5.74. The topological polar surface area (TPSA) is 63.7 Å². The van der Waals surface area contributed by atoms with Gasteiger partial charge in [0, 0.05) is 23.8 Å². The lowest BCUT2D eigenvalue weighted by molar-refractivity contribution is -0.123. The Labute approximate surface area is 193 Å². The minimum atomic E-state index is -0.171. The largest absolute Gasteiger partial charge is 0.484 e. The molecule has 1 saturated heterocycles. The highest BCUT2D eigenvalue weighted by Gasteiger charge is 2.25. The zero-order chi connectivity index (χ0) is 22.2. The number of likely N-dealkylation sites (tertiary alicyclic amines) is 1. The summed E-state index contributed by atoms with van der Waals surface area (Å²) in [5, 5.41) is 3.73. The Bertz CT molecular complexity index is 1010. The first-order valence-corrected chi connectivity index (χ1v) is 11.1. The molecule has 6 nitrogen and oxygen atoms in total. The number of benzene rings is 2. The molecular formula is C25H26ClN3O3. The predicted octanol–water partition coefficient (Wildman–Crippen LogP) is 4.86. The molecule has 1 N–H and O–H groups in total. The first-order chi connectivity index (χ1) is 15.7. The van der Waals surface area contributed by atoms with Crippen LogP contribution in [0.1, 0.15) is 24.4 Å². The van der Waals surface area contributed by atoms with E-state index in [-0.39, 0.29) is 18.6 Å². The number of carbonyl (C=O) groups is 1. The van der Waals surface area contributed by atoms with E-state index in [1.807, 2.05) is 36.4 Å². The fraction of sp³-hybridized carbons (Fsp3) is 0.280. The predicted molar refractivity (Wildman–Crippen MR) is 124 cm³/mol. The van der Waals surface area contributed by atoms with Crippen molar-refractivity contribution >= 4 is 17.5 Å². The van der Waals surface area contributed by atoms with Gasteiger partial charge in [-0.3, -0.25) is 9.69 Å². The number of hydrogen-bond donors (Lipinski definition) is 1. The number of halogens is 1. The lowest BCUT2D eigenvalue weighted by Crippen LogP contribution is -2.38. The number of rotatable bonds is 9. The van der Waals surface area contributed by atoms with Crippen molar-refractivity contribution in [3.05, 3.63) is 83.5 Å². The summed E-state index contributed by atoms with van der Waals surface area (Å²) in [4.78, 5) is 18.9. The van der Waals surface area contributed by atoms with Gasteiger partial charge in [0.1, 0.15) is 11.5 Å². The summed E-state index contributed by atoms with van der Waals surface area (Å²) in [6.07, 6.45) is 4.00. The number of amides is 1. The summed E-state index contributed by atoms with van der Waals surface area (Å²) < 4.78 is 11.3. The Morgan fingerprint density at radius 2 is 1.72 bits per heavy atom. The van der Waals surface area contributed by atoms with E-state index < -0.39 is 0 Å². The van der Waals surface area contributed by atoms with Crippen molar-refractivity contribution in [2.24, 2.45) is 0 Å². The molecular weight excluding hydrogens is 426 g/mol. The monoisotopic (exact) mass is 451 g/mol. The molecule has 1 amide bonds. The lowest BCUT2D eigenvalue weighted by Gasteiger charge is -2.29. The molecule has 166 valence electrons. The maximum Gasteiger partial charge on any atom is 0.258 e. The second-order valence-corrected chi connectivity index (χ2v) is 8.02. The highest BCUT2D eigenvalue weighted by Crippen LogP contribution is 2.29. The van der Waals surface area contributed by atoms with Gasteiger partial charge < -0.3 is 14.8 Å². The summed E-state index contributed by atoms with van der Waals surface area (Å²) in [7, 11) is 0. The van der Waals surface area contributed by atoms with Crippen LogP contribution in [0, 0.1) is 0 Å². The standard InChI is InChI=1S/C25H26ClN3O3/c26-22-8-2-1-7-21(22)23(29-15-5-6-16-29)17-28-24(30)18-31-19-10-12-20(13-11-19)32-25-9-3-4-14-27-25/h1-4,7-14,23H,5-6,15-18H2,(H,28,30). The highest BCUT2D eigenvalue weighted by atomic mass is 35.5. The van der Waals surface area contributed by atoms with E-state index in [1.54, 1.807) is 36.5 Å². The maximum atomic E-state index is 12.4. The van der Waals surface area contributed by atoms with E-state index in [4.69, 9.17) is 21.1 Å².